The molecule has 0 atom stereocenters. The van der Waals surface area contributed by atoms with Crippen LogP contribution in [0.25, 0.3) is 11.5 Å². The first kappa shape index (κ1) is 13.2. The summed E-state index contributed by atoms with van der Waals surface area (Å²) in [6.45, 7) is 5.27. The summed E-state index contributed by atoms with van der Waals surface area (Å²) in [6.07, 6.45) is 0. The molecule has 0 amide bonds. The van der Waals surface area contributed by atoms with Crippen LogP contribution in [0, 0.1) is 17.0 Å². The summed E-state index contributed by atoms with van der Waals surface area (Å²) in [7, 11) is 0. The van der Waals surface area contributed by atoms with Gasteiger partial charge in [0.05, 0.1) is 10.5 Å². The van der Waals surface area contributed by atoms with E-state index < -0.39 is 10.5 Å². The van der Waals surface area contributed by atoms with E-state index in [0.717, 1.165) is 5.56 Å². The summed E-state index contributed by atoms with van der Waals surface area (Å²) < 4.78 is 5.10. The summed E-state index contributed by atoms with van der Waals surface area (Å²) in [4.78, 5) is 14.5. The molecule has 0 saturated carbocycles. The maximum atomic E-state index is 10.8. The standard InChI is InChI=1S/C12H14N4O3/c1-7-4-8(6-9(5-7)16(17)18)10-14-11(15-19-10)12(2,3)13/h4-6H,13H2,1-3H3. The van der Waals surface area contributed by atoms with Crippen LogP contribution in [0.2, 0.25) is 0 Å². The van der Waals surface area contributed by atoms with Gasteiger partial charge in [0, 0.05) is 17.7 Å². The van der Waals surface area contributed by atoms with E-state index in [1.165, 1.54) is 12.1 Å². The largest absolute Gasteiger partial charge is 0.334 e. The van der Waals surface area contributed by atoms with Crippen molar-refractivity contribution in [3.05, 3.63) is 39.7 Å². The van der Waals surface area contributed by atoms with Gasteiger partial charge in [0.1, 0.15) is 0 Å². The molecule has 1 aromatic carbocycles. The van der Waals surface area contributed by atoms with Crippen molar-refractivity contribution in [3.63, 3.8) is 0 Å². The van der Waals surface area contributed by atoms with Crippen LogP contribution in [0.5, 0.6) is 0 Å². The molecule has 2 rings (SSSR count). The molecule has 0 radical (unpaired) electrons. The molecule has 0 spiro atoms. The van der Waals surface area contributed by atoms with Crippen molar-refractivity contribution in [1.82, 2.24) is 10.1 Å². The highest BCUT2D eigenvalue weighted by Crippen LogP contribution is 2.26. The highest BCUT2D eigenvalue weighted by molar-refractivity contribution is 5.59. The van der Waals surface area contributed by atoms with Gasteiger partial charge in [-0.05, 0) is 32.4 Å². The molecule has 0 bridgehead atoms. The van der Waals surface area contributed by atoms with Gasteiger partial charge in [0.25, 0.3) is 11.6 Å². The minimum Gasteiger partial charge on any atom is -0.334 e. The molecule has 19 heavy (non-hydrogen) atoms. The van der Waals surface area contributed by atoms with Gasteiger partial charge in [0.15, 0.2) is 5.82 Å². The van der Waals surface area contributed by atoms with Crippen LogP contribution in [0.4, 0.5) is 5.69 Å². The highest BCUT2D eigenvalue weighted by Gasteiger charge is 2.22. The summed E-state index contributed by atoms with van der Waals surface area (Å²) in [5, 5.41) is 14.6. The van der Waals surface area contributed by atoms with Gasteiger partial charge in [-0.25, -0.2) is 0 Å². The van der Waals surface area contributed by atoms with Crippen LogP contribution in [0.1, 0.15) is 25.2 Å². The van der Waals surface area contributed by atoms with E-state index >= 15 is 0 Å². The number of non-ortho nitro benzene ring substituents is 1. The van der Waals surface area contributed by atoms with E-state index in [9.17, 15) is 10.1 Å². The monoisotopic (exact) mass is 262 g/mol. The molecule has 2 N–H and O–H groups in total. The zero-order chi connectivity index (χ0) is 14.2. The highest BCUT2D eigenvalue weighted by atomic mass is 16.6. The Kier molecular flexibility index (Phi) is 3.07. The lowest BCUT2D eigenvalue weighted by atomic mass is 10.1. The number of benzene rings is 1. The number of nitro benzene ring substituents is 1. The Balaban J connectivity index is 2.47. The van der Waals surface area contributed by atoms with Crippen molar-refractivity contribution in [2.24, 2.45) is 5.73 Å². The fraction of sp³-hybridized carbons (Fsp3) is 0.333. The predicted octanol–water partition coefficient (Wildman–Crippen LogP) is 2.15. The molecule has 1 heterocycles. The topological polar surface area (TPSA) is 108 Å². The summed E-state index contributed by atoms with van der Waals surface area (Å²) in [5.74, 6) is 0.576. The summed E-state index contributed by atoms with van der Waals surface area (Å²) >= 11 is 0. The number of hydrogen-bond donors (Lipinski definition) is 1. The van der Waals surface area contributed by atoms with Crippen LogP contribution in [-0.4, -0.2) is 15.1 Å². The van der Waals surface area contributed by atoms with Gasteiger partial charge >= 0.3 is 0 Å². The summed E-state index contributed by atoms with van der Waals surface area (Å²) in [5.41, 5.74) is 6.38. The molecular formula is C12H14N4O3. The number of hydrogen-bond acceptors (Lipinski definition) is 6. The van der Waals surface area contributed by atoms with E-state index in [0.29, 0.717) is 11.4 Å². The number of nitrogens with zero attached hydrogens (tertiary/aromatic N) is 3. The number of aryl methyl sites for hydroxylation is 1. The first-order valence-electron chi connectivity index (χ1n) is 5.67. The Bertz CT molecular complexity index is 628. The Morgan fingerprint density at radius 2 is 2.05 bits per heavy atom. The van der Waals surface area contributed by atoms with Crippen molar-refractivity contribution in [3.8, 4) is 11.5 Å². The fourth-order valence-corrected chi connectivity index (χ4v) is 1.59. The smallest absolute Gasteiger partial charge is 0.270 e. The molecule has 1 aromatic heterocycles. The Labute approximate surface area is 109 Å². The van der Waals surface area contributed by atoms with Gasteiger partial charge in [-0.15, -0.1) is 0 Å². The number of aromatic nitrogens is 2. The van der Waals surface area contributed by atoms with Crippen molar-refractivity contribution in [2.75, 3.05) is 0 Å². The molecule has 0 unspecified atom stereocenters. The normalized spacial score (nSPS) is 11.6. The lowest BCUT2D eigenvalue weighted by Crippen LogP contribution is -2.30. The molecule has 0 aliphatic heterocycles. The van der Waals surface area contributed by atoms with Crippen LogP contribution in [-0.2, 0) is 5.54 Å². The third-order valence-electron chi connectivity index (χ3n) is 2.52. The van der Waals surface area contributed by atoms with E-state index in [-0.39, 0.29) is 11.6 Å². The van der Waals surface area contributed by atoms with Gasteiger partial charge < -0.3 is 10.3 Å². The second-order valence-electron chi connectivity index (χ2n) is 4.96. The Morgan fingerprint density at radius 3 is 2.58 bits per heavy atom. The second-order valence-corrected chi connectivity index (χ2v) is 4.96. The number of nitro groups is 1. The molecule has 0 aliphatic carbocycles. The average Bonchev–Trinajstić information content (AvgIpc) is 2.76. The van der Waals surface area contributed by atoms with Gasteiger partial charge in [-0.3, -0.25) is 10.1 Å². The molecule has 0 aliphatic rings. The van der Waals surface area contributed by atoms with E-state index in [1.807, 2.05) is 0 Å². The Morgan fingerprint density at radius 1 is 1.37 bits per heavy atom. The quantitative estimate of drug-likeness (QED) is 0.670. The molecule has 0 fully saturated rings. The SMILES string of the molecule is Cc1cc(-c2nc(C(C)(C)N)no2)cc([N+](=O)[O-])c1. The van der Waals surface area contributed by atoms with Gasteiger partial charge in [0.2, 0.25) is 0 Å². The molecule has 100 valence electrons. The maximum Gasteiger partial charge on any atom is 0.270 e. The Hall–Kier alpha value is -2.28. The first-order valence-corrected chi connectivity index (χ1v) is 5.67. The molecular weight excluding hydrogens is 248 g/mol. The zero-order valence-electron chi connectivity index (χ0n) is 10.9. The number of nitrogens with two attached hydrogens (primary N) is 1. The third kappa shape index (κ3) is 2.76. The first-order chi connectivity index (χ1) is 8.77. The molecule has 7 heteroatoms. The predicted molar refractivity (Wildman–Crippen MR) is 68.3 cm³/mol. The van der Waals surface area contributed by atoms with Gasteiger partial charge in [-0.1, -0.05) is 5.16 Å². The lowest BCUT2D eigenvalue weighted by Gasteiger charge is -2.11. The van der Waals surface area contributed by atoms with Crippen LogP contribution in [0.3, 0.4) is 0 Å². The molecule has 2 aromatic rings. The van der Waals surface area contributed by atoms with Crippen molar-refractivity contribution in [1.29, 1.82) is 0 Å². The number of rotatable bonds is 3. The second kappa shape index (κ2) is 4.43. The minimum atomic E-state index is -0.725. The zero-order valence-corrected chi connectivity index (χ0v) is 10.9. The average molecular weight is 262 g/mol. The third-order valence-corrected chi connectivity index (χ3v) is 2.52. The fourth-order valence-electron chi connectivity index (χ4n) is 1.59. The van der Waals surface area contributed by atoms with Crippen LogP contribution in [0.15, 0.2) is 22.7 Å². The maximum absolute atomic E-state index is 10.8. The van der Waals surface area contributed by atoms with Crippen LogP contribution < -0.4 is 5.73 Å². The van der Waals surface area contributed by atoms with Crippen molar-refractivity contribution < 1.29 is 9.45 Å². The van der Waals surface area contributed by atoms with E-state index in [2.05, 4.69) is 10.1 Å². The van der Waals surface area contributed by atoms with E-state index in [4.69, 9.17) is 10.3 Å². The summed E-state index contributed by atoms with van der Waals surface area (Å²) in [6, 6.07) is 4.62. The molecule has 7 nitrogen and oxygen atoms in total. The van der Waals surface area contributed by atoms with E-state index in [1.54, 1.807) is 26.8 Å². The van der Waals surface area contributed by atoms with Crippen molar-refractivity contribution in [2.45, 2.75) is 26.3 Å². The van der Waals surface area contributed by atoms with Gasteiger partial charge in [-0.2, -0.15) is 4.98 Å². The van der Waals surface area contributed by atoms with Crippen molar-refractivity contribution >= 4 is 5.69 Å². The van der Waals surface area contributed by atoms with Crippen LogP contribution >= 0.6 is 0 Å². The minimum absolute atomic E-state index is 0.0123. The lowest BCUT2D eigenvalue weighted by molar-refractivity contribution is -0.384. The molecule has 0 saturated heterocycles.